The third-order valence-electron chi connectivity index (χ3n) is 3.49. The fourth-order valence-electron chi connectivity index (χ4n) is 2.44. The Labute approximate surface area is 113 Å². The van der Waals surface area contributed by atoms with Crippen LogP contribution in [0.5, 0.6) is 5.88 Å². The molecule has 2 unspecified atom stereocenters. The minimum atomic E-state index is 0.110. The Hall–Kier alpha value is -1.62. The molecule has 0 aliphatic carbocycles. The van der Waals surface area contributed by atoms with Gasteiger partial charge in [0.25, 0.3) is 0 Å². The highest BCUT2D eigenvalue weighted by atomic mass is 16.5. The van der Waals surface area contributed by atoms with E-state index in [1.165, 1.54) is 0 Å². The number of piperidine rings is 1. The highest BCUT2D eigenvalue weighted by Crippen LogP contribution is 2.17. The van der Waals surface area contributed by atoms with E-state index in [4.69, 9.17) is 4.74 Å². The molecule has 1 aliphatic heterocycles. The molecule has 2 atom stereocenters. The van der Waals surface area contributed by atoms with Crippen molar-refractivity contribution in [1.82, 2.24) is 15.6 Å². The molecule has 104 valence electrons. The van der Waals surface area contributed by atoms with E-state index in [0.29, 0.717) is 18.5 Å². The highest BCUT2D eigenvalue weighted by molar-refractivity contribution is 5.78. The lowest BCUT2D eigenvalue weighted by Crippen LogP contribution is -2.42. The second-order valence-electron chi connectivity index (χ2n) is 4.97. The maximum atomic E-state index is 12.1. The molecular formula is C14H21N3O2. The molecule has 0 aromatic carbocycles. The summed E-state index contributed by atoms with van der Waals surface area (Å²) in [4.78, 5) is 16.2. The first-order valence-corrected chi connectivity index (χ1v) is 6.69. The summed E-state index contributed by atoms with van der Waals surface area (Å²) in [7, 11) is 1.59. The van der Waals surface area contributed by atoms with Crippen molar-refractivity contribution in [3.05, 3.63) is 23.9 Å². The number of hydrogen-bond acceptors (Lipinski definition) is 4. The summed E-state index contributed by atoms with van der Waals surface area (Å²) in [5.41, 5.74) is 0.903. The number of ether oxygens (including phenoxy) is 1. The number of amides is 1. The van der Waals surface area contributed by atoms with Gasteiger partial charge >= 0.3 is 0 Å². The Morgan fingerprint density at radius 2 is 2.47 bits per heavy atom. The van der Waals surface area contributed by atoms with Gasteiger partial charge in [0, 0.05) is 30.3 Å². The molecule has 1 amide bonds. The minimum Gasteiger partial charge on any atom is -0.481 e. The number of pyridine rings is 1. The second-order valence-corrected chi connectivity index (χ2v) is 4.97. The van der Waals surface area contributed by atoms with Crippen LogP contribution in [0.4, 0.5) is 0 Å². The van der Waals surface area contributed by atoms with E-state index >= 15 is 0 Å². The van der Waals surface area contributed by atoms with Gasteiger partial charge in [0.15, 0.2) is 0 Å². The van der Waals surface area contributed by atoms with Gasteiger partial charge in [-0.3, -0.25) is 4.79 Å². The average Bonchev–Trinajstić information content (AvgIpc) is 2.45. The van der Waals surface area contributed by atoms with Crippen LogP contribution >= 0.6 is 0 Å². The molecule has 1 aliphatic rings. The van der Waals surface area contributed by atoms with Gasteiger partial charge < -0.3 is 15.4 Å². The summed E-state index contributed by atoms with van der Waals surface area (Å²) < 4.78 is 5.17. The topological polar surface area (TPSA) is 63.2 Å². The summed E-state index contributed by atoms with van der Waals surface area (Å²) in [6.07, 6.45) is 3.48. The number of carbonyl (C=O) groups excluding carboxylic acids is 1. The zero-order chi connectivity index (χ0) is 13.7. The number of carbonyl (C=O) groups is 1. The summed E-state index contributed by atoms with van der Waals surface area (Å²) in [6.45, 7) is 3.49. The Bertz CT molecular complexity index is 436. The van der Waals surface area contributed by atoms with Gasteiger partial charge in [-0.05, 0) is 32.4 Å². The van der Waals surface area contributed by atoms with Gasteiger partial charge in [-0.25, -0.2) is 4.98 Å². The summed E-state index contributed by atoms with van der Waals surface area (Å²) >= 11 is 0. The lowest BCUT2D eigenvalue weighted by Gasteiger charge is -2.27. The van der Waals surface area contributed by atoms with Crippen LogP contribution in [0.3, 0.4) is 0 Å². The largest absolute Gasteiger partial charge is 0.481 e. The third kappa shape index (κ3) is 3.67. The molecule has 1 aromatic rings. The standard InChI is InChI=1S/C14H21N3O2/c1-10-8-11(5-7-15-10)13(18)17-9-12-4-3-6-16-14(12)19-2/h3-4,6,10-11,15H,5,7-9H2,1-2H3,(H,17,18). The van der Waals surface area contributed by atoms with Crippen molar-refractivity contribution in [1.29, 1.82) is 0 Å². The van der Waals surface area contributed by atoms with Crippen LogP contribution in [-0.4, -0.2) is 30.6 Å². The molecule has 19 heavy (non-hydrogen) atoms. The summed E-state index contributed by atoms with van der Waals surface area (Å²) in [5.74, 6) is 0.805. The van der Waals surface area contributed by atoms with Crippen molar-refractivity contribution in [2.45, 2.75) is 32.4 Å². The van der Waals surface area contributed by atoms with Crippen molar-refractivity contribution in [2.24, 2.45) is 5.92 Å². The molecule has 5 heteroatoms. The molecule has 0 spiro atoms. The molecular weight excluding hydrogens is 242 g/mol. The zero-order valence-corrected chi connectivity index (χ0v) is 11.5. The molecule has 0 bridgehead atoms. The van der Waals surface area contributed by atoms with E-state index in [1.807, 2.05) is 12.1 Å². The fraction of sp³-hybridized carbons (Fsp3) is 0.571. The average molecular weight is 263 g/mol. The normalized spacial score (nSPS) is 22.8. The van der Waals surface area contributed by atoms with Gasteiger partial charge in [-0.15, -0.1) is 0 Å². The van der Waals surface area contributed by atoms with Crippen LogP contribution in [0.2, 0.25) is 0 Å². The Morgan fingerprint density at radius 1 is 1.63 bits per heavy atom. The molecule has 0 radical (unpaired) electrons. The maximum Gasteiger partial charge on any atom is 0.223 e. The maximum absolute atomic E-state index is 12.1. The van der Waals surface area contributed by atoms with Crippen molar-refractivity contribution < 1.29 is 9.53 Å². The van der Waals surface area contributed by atoms with Gasteiger partial charge in [-0.1, -0.05) is 6.07 Å². The van der Waals surface area contributed by atoms with Crippen LogP contribution in [0.25, 0.3) is 0 Å². The first kappa shape index (κ1) is 13.8. The highest BCUT2D eigenvalue weighted by Gasteiger charge is 2.24. The van der Waals surface area contributed by atoms with E-state index in [-0.39, 0.29) is 11.8 Å². The third-order valence-corrected chi connectivity index (χ3v) is 3.49. The van der Waals surface area contributed by atoms with Crippen LogP contribution in [0.15, 0.2) is 18.3 Å². The number of hydrogen-bond donors (Lipinski definition) is 2. The fourth-order valence-corrected chi connectivity index (χ4v) is 2.44. The van der Waals surface area contributed by atoms with Crippen molar-refractivity contribution >= 4 is 5.91 Å². The smallest absolute Gasteiger partial charge is 0.223 e. The molecule has 5 nitrogen and oxygen atoms in total. The Balaban J connectivity index is 1.89. The van der Waals surface area contributed by atoms with Crippen LogP contribution < -0.4 is 15.4 Å². The first-order chi connectivity index (χ1) is 9.20. The van der Waals surface area contributed by atoms with E-state index < -0.39 is 0 Å². The van der Waals surface area contributed by atoms with E-state index in [1.54, 1.807) is 13.3 Å². The van der Waals surface area contributed by atoms with Crippen molar-refractivity contribution in [2.75, 3.05) is 13.7 Å². The molecule has 1 aromatic heterocycles. The van der Waals surface area contributed by atoms with Crippen LogP contribution in [0.1, 0.15) is 25.3 Å². The number of methoxy groups -OCH3 is 1. The number of rotatable bonds is 4. The van der Waals surface area contributed by atoms with Crippen LogP contribution in [0, 0.1) is 5.92 Å². The molecule has 2 N–H and O–H groups in total. The number of aromatic nitrogens is 1. The molecule has 1 fully saturated rings. The van der Waals surface area contributed by atoms with Gasteiger partial charge in [0.2, 0.25) is 11.8 Å². The first-order valence-electron chi connectivity index (χ1n) is 6.69. The molecule has 2 heterocycles. The molecule has 1 saturated heterocycles. The van der Waals surface area contributed by atoms with Crippen LogP contribution in [-0.2, 0) is 11.3 Å². The van der Waals surface area contributed by atoms with Gasteiger partial charge in [0.1, 0.15) is 0 Å². The molecule has 0 saturated carbocycles. The SMILES string of the molecule is COc1ncccc1CNC(=O)C1CCNC(C)C1. The Kier molecular flexibility index (Phi) is 4.74. The Morgan fingerprint density at radius 3 is 3.21 bits per heavy atom. The molecule has 2 rings (SSSR count). The summed E-state index contributed by atoms with van der Waals surface area (Å²) in [5, 5.41) is 6.33. The minimum absolute atomic E-state index is 0.110. The van der Waals surface area contributed by atoms with Gasteiger partial charge in [0.05, 0.1) is 7.11 Å². The lowest BCUT2D eigenvalue weighted by molar-refractivity contribution is -0.126. The monoisotopic (exact) mass is 263 g/mol. The second kappa shape index (κ2) is 6.52. The summed E-state index contributed by atoms with van der Waals surface area (Å²) in [6, 6.07) is 4.17. The zero-order valence-electron chi connectivity index (χ0n) is 11.5. The van der Waals surface area contributed by atoms with E-state index in [2.05, 4.69) is 22.5 Å². The predicted octanol–water partition coefficient (Wildman–Crippen LogP) is 1.09. The number of nitrogens with one attached hydrogen (secondary N) is 2. The number of nitrogens with zero attached hydrogens (tertiary/aromatic N) is 1. The van der Waals surface area contributed by atoms with E-state index in [9.17, 15) is 4.79 Å². The lowest BCUT2D eigenvalue weighted by atomic mass is 9.92. The quantitative estimate of drug-likeness (QED) is 0.853. The van der Waals surface area contributed by atoms with Gasteiger partial charge in [-0.2, -0.15) is 0 Å². The van der Waals surface area contributed by atoms with E-state index in [0.717, 1.165) is 24.9 Å². The predicted molar refractivity (Wildman–Crippen MR) is 72.8 cm³/mol. The van der Waals surface area contributed by atoms with Crippen molar-refractivity contribution in [3.8, 4) is 5.88 Å². The van der Waals surface area contributed by atoms with Crippen molar-refractivity contribution in [3.63, 3.8) is 0 Å².